The Morgan fingerprint density at radius 1 is 1.39 bits per heavy atom. The molecule has 4 nitrogen and oxygen atoms in total. The molecule has 2 rings (SSSR count). The molecule has 1 amide bonds. The van der Waals surface area contributed by atoms with Crippen LogP contribution < -0.4 is 15.4 Å². The molecule has 1 aromatic heterocycles. The third-order valence-corrected chi connectivity index (χ3v) is 4.53. The van der Waals surface area contributed by atoms with Crippen LogP contribution in [0.3, 0.4) is 0 Å². The van der Waals surface area contributed by atoms with Gasteiger partial charge in [-0.3, -0.25) is 10.1 Å². The summed E-state index contributed by atoms with van der Waals surface area (Å²) in [5.41, 5.74) is 0.508. The van der Waals surface area contributed by atoms with Crippen molar-refractivity contribution in [2.45, 2.75) is 26.5 Å². The Morgan fingerprint density at radius 2 is 2.17 bits per heavy atom. The van der Waals surface area contributed by atoms with Gasteiger partial charge in [-0.15, -0.1) is 11.3 Å². The van der Waals surface area contributed by atoms with Gasteiger partial charge in [-0.05, 0) is 71.6 Å². The second-order valence-electron chi connectivity index (χ2n) is 5.03. The van der Waals surface area contributed by atoms with E-state index in [1.54, 1.807) is 29.5 Å². The number of hydrogen-bond donors (Lipinski definition) is 2. The van der Waals surface area contributed by atoms with Crippen molar-refractivity contribution < 1.29 is 9.53 Å². The average molecular weight is 413 g/mol. The summed E-state index contributed by atoms with van der Waals surface area (Å²) in [5, 5.41) is 7.99. The standard InChI is InChI=1S/C16H17BrN2O2S2/c1-10(2)21-14-6-5-11(8-13(14)17)15(20)19-16(22)18-9-12-4-3-7-23-12/h3-8,10H,9H2,1-2H3,(H2,18,19,20,22). The minimum absolute atomic E-state index is 0.0694. The van der Waals surface area contributed by atoms with E-state index in [9.17, 15) is 4.79 Å². The fourth-order valence-electron chi connectivity index (χ4n) is 1.79. The van der Waals surface area contributed by atoms with E-state index in [0.29, 0.717) is 23.0 Å². The summed E-state index contributed by atoms with van der Waals surface area (Å²) in [6, 6.07) is 9.17. The molecule has 0 saturated carbocycles. The number of carbonyl (C=O) groups is 1. The van der Waals surface area contributed by atoms with E-state index in [0.717, 1.165) is 9.35 Å². The van der Waals surface area contributed by atoms with Gasteiger partial charge in [-0.25, -0.2) is 0 Å². The maximum absolute atomic E-state index is 12.2. The van der Waals surface area contributed by atoms with Crippen LogP contribution in [0.5, 0.6) is 5.75 Å². The summed E-state index contributed by atoms with van der Waals surface area (Å²) in [5.74, 6) is 0.445. The predicted octanol–water partition coefficient (Wildman–Crippen LogP) is 4.10. The molecular formula is C16H17BrN2O2S2. The highest BCUT2D eigenvalue weighted by Crippen LogP contribution is 2.26. The van der Waals surface area contributed by atoms with Crippen molar-refractivity contribution in [3.8, 4) is 5.75 Å². The lowest BCUT2D eigenvalue weighted by Crippen LogP contribution is -2.38. The maximum Gasteiger partial charge on any atom is 0.257 e. The largest absolute Gasteiger partial charge is 0.490 e. The van der Waals surface area contributed by atoms with Crippen LogP contribution in [0.4, 0.5) is 0 Å². The normalized spacial score (nSPS) is 10.4. The zero-order chi connectivity index (χ0) is 16.8. The molecule has 0 atom stereocenters. The SMILES string of the molecule is CC(C)Oc1ccc(C(=O)NC(=S)NCc2cccs2)cc1Br. The molecule has 0 saturated heterocycles. The molecule has 0 spiro atoms. The first kappa shape index (κ1) is 17.9. The van der Waals surface area contributed by atoms with E-state index in [1.165, 1.54) is 0 Å². The van der Waals surface area contributed by atoms with Crippen LogP contribution in [0.15, 0.2) is 40.2 Å². The monoisotopic (exact) mass is 412 g/mol. The molecule has 0 aliphatic rings. The van der Waals surface area contributed by atoms with Gasteiger partial charge in [0.05, 0.1) is 17.1 Å². The van der Waals surface area contributed by atoms with Crippen LogP contribution >= 0.6 is 39.5 Å². The van der Waals surface area contributed by atoms with Gasteiger partial charge in [0.1, 0.15) is 5.75 Å². The van der Waals surface area contributed by atoms with Crippen LogP contribution in [0.25, 0.3) is 0 Å². The lowest BCUT2D eigenvalue weighted by Gasteiger charge is -2.13. The molecular weight excluding hydrogens is 396 g/mol. The molecule has 1 aromatic carbocycles. The van der Waals surface area contributed by atoms with Gasteiger partial charge in [0.15, 0.2) is 5.11 Å². The Morgan fingerprint density at radius 3 is 2.78 bits per heavy atom. The highest BCUT2D eigenvalue weighted by atomic mass is 79.9. The summed E-state index contributed by atoms with van der Waals surface area (Å²) in [7, 11) is 0. The fraction of sp³-hybridized carbons (Fsp3) is 0.250. The molecule has 122 valence electrons. The number of thiocarbonyl (C=S) groups is 1. The third kappa shape index (κ3) is 5.60. The van der Waals surface area contributed by atoms with Crippen molar-refractivity contribution in [3.63, 3.8) is 0 Å². The Bertz CT molecular complexity index is 687. The molecule has 2 aromatic rings. The van der Waals surface area contributed by atoms with Gasteiger partial charge in [-0.1, -0.05) is 6.07 Å². The summed E-state index contributed by atoms with van der Waals surface area (Å²) >= 11 is 10.2. The number of nitrogens with one attached hydrogen (secondary N) is 2. The summed E-state index contributed by atoms with van der Waals surface area (Å²) in [6.07, 6.45) is 0.0694. The van der Waals surface area contributed by atoms with Crippen molar-refractivity contribution in [2.75, 3.05) is 0 Å². The Labute approximate surface area is 153 Å². The first-order chi connectivity index (χ1) is 11.0. The number of carbonyl (C=O) groups excluding carboxylic acids is 1. The second-order valence-corrected chi connectivity index (χ2v) is 7.32. The quantitative estimate of drug-likeness (QED) is 0.725. The van der Waals surface area contributed by atoms with E-state index in [2.05, 4.69) is 26.6 Å². The molecule has 0 fully saturated rings. The summed E-state index contributed by atoms with van der Waals surface area (Å²) < 4.78 is 6.36. The van der Waals surface area contributed by atoms with Crippen LogP contribution in [0.2, 0.25) is 0 Å². The first-order valence-corrected chi connectivity index (χ1v) is 9.11. The number of benzene rings is 1. The van der Waals surface area contributed by atoms with Gasteiger partial charge in [-0.2, -0.15) is 0 Å². The molecule has 0 aliphatic carbocycles. The van der Waals surface area contributed by atoms with E-state index < -0.39 is 0 Å². The highest BCUT2D eigenvalue weighted by Gasteiger charge is 2.11. The minimum Gasteiger partial charge on any atom is -0.490 e. The number of hydrogen-bond acceptors (Lipinski definition) is 4. The zero-order valence-corrected chi connectivity index (χ0v) is 16.0. The highest BCUT2D eigenvalue weighted by molar-refractivity contribution is 9.10. The minimum atomic E-state index is -0.259. The summed E-state index contributed by atoms with van der Waals surface area (Å²) in [6.45, 7) is 4.50. The van der Waals surface area contributed by atoms with Gasteiger partial charge >= 0.3 is 0 Å². The Balaban J connectivity index is 1.92. The van der Waals surface area contributed by atoms with Crippen LogP contribution in [0.1, 0.15) is 29.1 Å². The van der Waals surface area contributed by atoms with Crippen molar-refractivity contribution >= 4 is 50.5 Å². The van der Waals surface area contributed by atoms with Gasteiger partial charge < -0.3 is 10.1 Å². The van der Waals surface area contributed by atoms with Gasteiger partial charge in [0.25, 0.3) is 5.91 Å². The predicted molar refractivity (Wildman–Crippen MR) is 101 cm³/mol. The maximum atomic E-state index is 12.2. The van der Waals surface area contributed by atoms with Crippen LogP contribution in [0, 0.1) is 0 Å². The lowest BCUT2D eigenvalue weighted by molar-refractivity contribution is 0.0976. The average Bonchev–Trinajstić information content (AvgIpc) is 3.00. The molecule has 0 radical (unpaired) electrons. The Hall–Kier alpha value is -1.44. The Kier molecular flexibility index (Phi) is 6.56. The van der Waals surface area contributed by atoms with E-state index >= 15 is 0 Å². The number of rotatable bonds is 5. The number of amides is 1. The van der Waals surface area contributed by atoms with Gasteiger partial charge in [0, 0.05) is 10.4 Å². The zero-order valence-electron chi connectivity index (χ0n) is 12.8. The number of ether oxygens (including phenoxy) is 1. The lowest BCUT2D eigenvalue weighted by atomic mass is 10.2. The van der Waals surface area contributed by atoms with Crippen molar-refractivity contribution in [3.05, 3.63) is 50.6 Å². The van der Waals surface area contributed by atoms with E-state index in [1.807, 2.05) is 31.4 Å². The van der Waals surface area contributed by atoms with E-state index in [4.69, 9.17) is 17.0 Å². The number of thiophene rings is 1. The second kappa shape index (κ2) is 8.42. The molecule has 1 heterocycles. The smallest absolute Gasteiger partial charge is 0.257 e. The molecule has 23 heavy (non-hydrogen) atoms. The molecule has 0 unspecified atom stereocenters. The molecule has 0 aliphatic heterocycles. The van der Waals surface area contributed by atoms with Crippen molar-refractivity contribution in [1.29, 1.82) is 0 Å². The number of halogens is 1. The fourth-order valence-corrected chi connectivity index (χ4v) is 3.07. The van der Waals surface area contributed by atoms with Crippen molar-refractivity contribution in [1.82, 2.24) is 10.6 Å². The summed E-state index contributed by atoms with van der Waals surface area (Å²) in [4.78, 5) is 13.4. The van der Waals surface area contributed by atoms with Crippen LogP contribution in [-0.2, 0) is 6.54 Å². The van der Waals surface area contributed by atoms with E-state index in [-0.39, 0.29) is 12.0 Å². The molecule has 0 bridgehead atoms. The topological polar surface area (TPSA) is 50.4 Å². The van der Waals surface area contributed by atoms with Crippen LogP contribution in [-0.4, -0.2) is 17.1 Å². The van der Waals surface area contributed by atoms with Gasteiger partial charge in [0.2, 0.25) is 0 Å². The molecule has 2 N–H and O–H groups in total. The molecule has 7 heteroatoms. The first-order valence-electron chi connectivity index (χ1n) is 7.03. The van der Waals surface area contributed by atoms with Crippen molar-refractivity contribution in [2.24, 2.45) is 0 Å². The third-order valence-electron chi connectivity index (χ3n) is 2.79.